The molecule has 1 aromatic carbocycles. The molecule has 0 unspecified atom stereocenters. The molecular formula is C20H29NO2S. The third-order valence-electron chi connectivity index (χ3n) is 5.64. The molecule has 0 spiro atoms. The number of amides is 1. The molecule has 2 aliphatic rings. The van der Waals surface area contributed by atoms with Crippen LogP contribution in [-0.2, 0) is 10.2 Å². The molecule has 0 radical (unpaired) electrons. The maximum atomic E-state index is 12.3. The number of ether oxygens (including phenoxy) is 1. The van der Waals surface area contributed by atoms with Crippen LogP contribution in [0.3, 0.4) is 0 Å². The van der Waals surface area contributed by atoms with Gasteiger partial charge in [0.2, 0.25) is 5.91 Å². The fourth-order valence-corrected chi connectivity index (χ4v) is 5.29. The Morgan fingerprint density at radius 3 is 2.46 bits per heavy atom. The van der Waals surface area contributed by atoms with Gasteiger partial charge in [-0.2, -0.15) is 0 Å². The minimum Gasteiger partial charge on any atom is -0.497 e. The second-order valence-electron chi connectivity index (χ2n) is 7.21. The van der Waals surface area contributed by atoms with Crippen LogP contribution in [0.15, 0.2) is 24.3 Å². The zero-order valence-corrected chi connectivity index (χ0v) is 15.5. The molecule has 0 aliphatic heterocycles. The van der Waals surface area contributed by atoms with Gasteiger partial charge in [-0.25, -0.2) is 0 Å². The summed E-state index contributed by atoms with van der Waals surface area (Å²) in [7, 11) is 1.70. The molecule has 1 amide bonds. The number of benzene rings is 1. The third-order valence-corrected chi connectivity index (χ3v) is 7.01. The summed E-state index contributed by atoms with van der Waals surface area (Å²) in [6, 6.07) is 8.41. The molecule has 2 aliphatic carbocycles. The number of carbonyl (C=O) groups is 1. The van der Waals surface area contributed by atoms with E-state index in [0.717, 1.165) is 25.1 Å². The first-order valence-electron chi connectivity index (χ1n) is 9.25. The van der Waals surface area contributed by atoms with Gasteiger partial charge < -0.3 is 10.1 Å². The molecule has 3 rings (SSSR count). The van der Waals surface area contributed by atoms with E-state index >= 15 is 0 Å². The Kier molecular flexibility index (Phi) is 6.09. The van der Waals surface area contributed by atoms with Gasteiger partial charge in [0.1, 0.15) is 5.75 Å². The van der Waals surface area contributed by atoms with Crippen LogP contribution >= 0.6 is 11.8 Å². The summed E-state index contributed by atoms with van der Waals surface area (Å²) >= 11 is 1.85. The van der Waals surface area contributed by atoms with Crippen LogP contribution in [0.2, 0.25) is 0 Å². The predicted molar refractivity (Wildman–Crippen MR) is 101 cm³/mol. The third kappa shape index (κ3) is 4.27. The van der Waals surface area contributed by atoms with Crippen molar-refractivity contribution in [1.82, 2.24) is 5.32 Å². The van der Waals surface area contributed by atoms with Crippen LogP contribution in [-0.4, -0.2) is 30.6 Å². The quantitative estimate of drug-likeness (QED) is 0.799. The number of nitrogens with one attached hydrogen (secondary N) is 1. The molecule has 1 aromatic rings. The summed E-state index contributed by atoms with van der Waals surface area (Å²) in [5, 5.41) is 3.93. The lowest BCUT2D eigenvalue weighted by Gasteiger charge is -2.30. The van der Waals surface area contributed by atoms with Crippen LogP contribution in [0.25, 0.3) is 0 Å². The van der Waals surface area contributed by atoms with E-state index in [0.29, 0.717) is 11.0 Å². The van der Waals surface area contributed by atoms with E-state index in [-0.39, 0.29) is 11.3 Å². The fourth-order valence-electron chi connectivity index (χ4n) is 4.13. The highest BCUT2D eigenvalue weighted by Crippen LogP contribution is 2.41. The molecule has 2 fully saturated rings. The second kappa shape index (κ2) is 8.28. The van der Waals surface area contributed by atoms with Crippen molar-refractivity contribution in [2.24, 2.45) is 0 Å². The summed E-state index contributed by atoms with van der Waals surface area (Å²) in [6.07, 6.45) is 10.1. The molecule has 0 bridgehead atoms. The zero-order valence-electron chi connectivity index (χ0n) is 14.7. The maximum absolute atomic E-state index is 12.3. The number of hydrogen-bond donors (Lipinski definition) is 1. The van der Waals surface area contributed by atoms with Crippen LogP contribution < -0.4 is 10.1 Å². The van der Waals surface area contributed by atoms with Gasteiger partial charge in [-0.05, 0) is 43.4 Å². The van der Waals surface area contributed by atoms with Crippen molar-refractivity contribution in [2.45, 2.75) is 62.0 Å². The average Bonchev–Trinajstić information content (AvgIpc) is 3.31. The fraction of sp³-hybridized carbons (Fsp3) is 0.650. The maximum Gasteiger partial charge on any atom is 0.230 e. The molecule has 132 valence electrons. The first-order valence-corrected chi connectivity index (χ1v) is 10.3. The standard InChI is InChI=1S/C20H29NO2S/c1-23-17-10-8-16(9-11-17)20(12-4-5-13-20)15-21-19(22)14-24-18-6-2-3-7-18/h8-11,18H,2-7,12-15H2,1H3,(H,21,22). The minimum absolute atomic E-state index is 0.111. The van der Waals surface area contributed by atoms with Crippen molar-refractivity contribution in [3.8, 4) is 5.75 Å². The van der Waals surface area contributed by atoms with Gasteiger partial charge in [0.05, 0.1) is 12.9 Å². The van der Waals surface area contributed by atoms with E-state index in [1.807, 2.05) is 23.9 Å². The number of hydrogen-bond acceptors (Lipinski definition) is 3. The molecule has 0 aromatic heterocycles. The Hall–Kier alpha value is -1.16. The van der Waals surface area contributed by atoms with Gasteiger partial charge >= 0.3 is 0 Å². The van der Waals surface area contributed by atoms with Crippen molar-refractivity contribution >= 4 is 17.7 Å². The molecule has 0 heterocycles. The monoisotopic (exact) mass is 347 g/mol. The van der Waals surface area contributed by atoms with Crippen molar-refractivity contribution in [3.63, 3.8) is 0 Å². The first kappa shape index (κ1) is 17.7. The molecular weight excluding hydrogens is 318 g/mol. The summed E-state index contributed by atoms with van der Waals surface area (Å²) in [5.41, 5.74) is 1.45. The lowest BCUT2D eigenvalue weighted by Crippen LogP contribution is -2.39. The largest absolute Gasteiger partial charge is 0.497 e. The van der Waals surface area contributed by atoms with E-state index in [9.17, 15) is 4.79 Å². The van der Waals surface area contributed by atoms with Gasteiger partial charge in [-0.3, -0.25) is 4.79 Å². The smallest absolute Gasteiger partial charge is 0.230 e. The van der Waals surface area contributed by atoms with E-state index in [1.54, 1.807) is 7.11 Å². The van der Waals surface area contributed by atoms with Crippen molar-refractivity contribution in [3.05, 3.63) is 29.8 Å². The minimum atomic E-state index is 0.111. The Balaban J connectivity index is 1.55. The van der Waals surface area contributed by atoms with Gasteiger partial charge in [-0.1, -0.05) is 37.8 Å². The number of methoxy groups -OCH3 is 1. The zero-order chi connectivity index (χ0) is 16.8. The molecule has 0 atom stereocenters. The highest BCUT2D eigenvalue weighted by molar-refractivity contribution is 8.00. The Bertz CT molecular complexity index is 531. The molecule has 1 N–H and O–H groups in total. The van der Waals surface area contributed by atoms with E-state index < -0.39 is 0 Å². The Morgan fingerprint density at radius 1 is 1.17 bits per heavy atom. The summed E-state index contributed by atoms with van der Waals surface area (Å²) in [5.74, 6) is 1.71. The number of thioether (sulfide) groups is 1. The van der Waals surface area contributed by atoms with Crippen LogP contribution in [0.5, 0.6) is 5.75 Å². The van der Waals surface area contributed by atoms with E-state index in [4.69, 9.17) is 4.74 Å². The molecule has 3 nitrogen and oxygen atoms in total. The van der Waals surface area contributed by atoms with E-state index in [2.05, 4.69) is 17.4 Å². The average molecular weight is 348 g/mol. The van der Waals surface area contributed by atoms with Crippen LogP contribution in [0.4, 0.5) is 0 Å². The lowest BCUT2D eigenvalue weighted by molar-refractivity contribution is -0.118. The van der Waals surface area contributed by atoms with E-state index in [1.165, 1.54) is 44.1 Å². The predicted octanol–water partition coefficient (Wildman–Crippen LogP) is 4.30. The van der Waals surface area contributed by atoms with Crippen LogP contribution in [0.1, 0.15) is 56.9 Å². The van der Waals surface area contributed by atoms with Crippen molar-refractivity contribution < 1.29 is 9.53 Å². The van der Waals surface area contributed by atoms with Crippen LogP contribution in [0, 0.1) is 0 Å². The van der Waals surface area contributed by atoms with Crippen molar-refractivity contribution in [2.75, 3.05) is 19.4 Å². The van der Waals surface area contributed by atoms with Gasteiger partial charge in [0, 0.05) is 17.2 Å². The summed E-state index contributed by atoms with van der Waals surface area (Å²) in [6.45, 7) is 0.767. The Labute approximate surface area is 149 Å². The van der Waals surface area contributed by atoms with Gasteiger partial charge in [0.15, 0.2) is 0 Å². The highest BCUT2D eigenvalue weighted by Gasteiger charge is 2.35. The summed E-state index contributed by atoms with van der Waals surface area (Å²) < 4.78 is 5.27. The molecule has 2 saturated carbocycles. The molecule has 24 heavy (non-hydrogen) atoms. The second-order valence-corrected chi connectivity index (χ2v) is 8.50. The molecule has 4 heteroatoms. The Morgan fingerprint density at radius 2 is 1.83 bits per heavy atom. The number of rotatable bonds is 7. The summed E-state index contributed by atoms with van der Waals surface area (Å²) in [4.78, 5) is 12.3. The highest BCUT2D eigenvalue weighted by atomic mass is 32.2. The SMILES string of the molecule is COc1ccc(C2(CNC(=O)CSC3CCCC3)CCCC2)cc1. The van der Waals surface area contributed by atoms with Gasteiger partial charge in [0.25, 0.3) is 0 Å². The number of carbonyl (C=O) groups excluding carboxylic acids is 1. The van der Waals surface area contributed by atoms with Gasteiger partial charge in [-0.15, -0.1) is 11.8 Å². The van der Waals surface area contributed by atoms with Crippen molar-refractivity contribution in [1.29, 1.82) is 0 Å². The molecule has 0 saturated heterocycles. The first-order chi connectivity index (χ1) is 11.7. The normalized spacial score (nSPS) is 20.2. The topological polar surface area (TPSA) is 38.3 Å². The lowest BCUT2D eigenvalue weighted by atomic mass is 9.79.